The smallest absolute Gasteiger partial charge is 0.389 e. The first kappa shape index (κ1) is 58.0. The van der Waals surface area contributed by atoms with Gasteiger partial charge in [-0.2, -0.15) is 0 Å². The van der Waals surface area contributed by atoms with Crippen LogP contribution in [0.1, 0.15) is 174 Å². The first-order valence-electron chi connectivity index (χ1n) is 23.8. The van der Waals surface area contributed by atoms with E-state index in [1.807, 2.05) is 6.08 Å². The molecule has 1 saturated carbocycles. The van der Waals surface area contributed by atoms with Crippen molar-refractivity contribution < 1.29 is 59.0 Å². The Labute approximate surface area is 373 Å². The summed E-state index contributed by atoms with van der Waals surface area (Å²) in [5.74, 6) is -0.676. The second kappa shape index (κ2) is 37.2. The Kier molecular flexibility index (Phi) is 34.9. The number of carbonyl (C=O) groups is 1. The van der Waals surface area contributed by atoms with Gasteiger partial charge in [0, 0.05) is 0 Å². The summed E-state index contributed by atoms with van der Waals surface area (Å²) in [6.07, 6.45) is 32.1. The molecule has 14 heteroatoms. The van der Waals surface area contributed by atoms with Crippen LogP contribution < -0.4 is 5.32 Å². The Morgan fingerprint density at radius 3 is 1.48 bits per heavy atom. The molecule has 13 nitrogen and oxygen atoms in total. The lowest BCUT2D eigenvalue weighted by molar-refractivity contribution is -0.220. The molecule has 0 saturated heterocycles. The maximum absolute atomic E-state index is 12.9. The molecule has 0 aromatic carbocycles. The Morgan fingerprint density at radius 1 is 0.565 bits per heavy atom. The summed E-state index contributed by atoms with van der Waals surface area (Å²) in [5.41, 5.74) is 0. The highest BCUT2D eigenvalue weighted by Crippen LogP contribution is 2.47. The van der Waals surface area contributed by atoms with E-state index in [2.05, 4.69) is 49.5 Å². The zero-order valence-electron chi connectivity index (χ0n) is 38.0. The highest BCUT2D eigenvalue weighted by molar-refractivity contribution is 7.47. The Hall–Kier alpha value is -2.00. The van der Waals surface area contributed by atoms with Gasteiger partial charge >= 0.3 is 7.82 Å². The Balaban J connectivity index is 2.60. The molecule has 1 amide bonds. The van der Waals surface area contributed by atoms with Gasteiger partial charge in [0.2, 0.25) is 5.91 Å². The minimum Gasteiger partial charge on any atom is -0.389 e. The number of carbonyl (C=O) groups excluding carboxylic acids is 1. The van der Waals surface area contributed by atoms with E-state index in [1.165, 1.54) is 115 Å². The molecule has 1 aliphatic rings. The molecule has 1 aliphatic carbocycles. The van der Waals surface area contributed by atoms with E-state index >= 15 is 0 Å². The maximum Gasteiger partial charge on any atom is 0.472 e. The fourth-order valence-corrected chi connectivity index (χ4v) is 8.12. The number of hydrogen-bond donors (Lipinski definition) is 9. The molecule has 0 aromatic rings. The van der Waals surface area contributed by atoms with Crippen LogP contribution in [0.25, 0.3) is 0 Å². The lowest BCUT2D eigenvalue weighted by atomic mass is 9.85. The highest BCUT2D eigenvalue weighted by atomic mass is 31.2. The quantitative estimate of drug-likeness (QED) is 0.0163. The summed E-state index contributed by atoms with van der Waals surface area (Å²) in [6, 6.07) is -1.30. The van der Waals surface area contributed by atoms with Gasteiger partial charge in [-0.3, -0.25) is 13.8 Å². The second-order valence-corrected chi connectivity index (χ2v) is 18.2. The summed E-state index contributed by atoms with van der Waals surface area (Å²) in [4.78, 5) is 23.4. The number of amides is 1. The second-order valence-electron chi connectivity index (χ2n) is 16.8. The van der Waals surface area contributed by atoms with Crippen LogP contribution in [0.3, 0.4) is 0 Å². The van der Waals surface area contributed by atoms with Gasteiger partial charge in [0.1, 0.15) is 36.6 Å². The molecule has 0 aliphatic heterocycles. The number of phosphoric acid groups is 1. The van der Waals surface area contributed by atoms with Gasteiger partial charge in [0.25, 0.3) is 0 Å². The fraction of sp³-hybridized carbons (Fsp3) is 0.771. The standard InChI is InChI=1S/C48H86NO12P/c1-3-5-7-9-11-13-15-16-17-18-19-20-21-22-23-24-26-28-30-32-34-36-41(51)40(38-60-62(58,59)61-48-46(56)44(54)43(53)45(55)47(48)57)49-42(52)37-39(50)35-33-31-29-27-25-14-12-10-8-6-4-2/h21-22,26-29,33-36,39-41,43-48,50-51,53-57H,3-20,23-25,30-32,37-38H2,1-2H3,(H,49,52)(H,58,59)/b22-21+,28-26+,29-27-,35-33-,36-34+. The van der Waals surface area contributed by atoms with Crippen molar-refractivity contribution in [1.82, 2.24) is 5.32 Å². The third kappa shape index (κ3) is 28.7. The van der Waals surface area contributed by atoms with E-state index in [0.29, 0.717) is 19.3 Å². The monoisotopic (exact) mass is 900 g/mol. The van der Waals surface area contributed by atoms with Crippen molar-refractivity contribution in [2.24, 2.45) is 0 Å². The average Bonchev–Trinajstić information content (AvgIpc) is 3.24. The predicted molar refractivity (Wildman–Crippen MR) is 247 cm³/mol. The van der Waals surface area contributed by atoms with Gasteiger partial charge in [-0.05, 0) is 57.8 Å². The third-order valence-corrected chi connectivity index (χ3v) is 12.0. The molecular weight excluding hydrogens is 813 g/mol. The van der Waals surface area contributed by atoms with Gasteiger partial charge in [-0.15, -0.1) is 0 Å². The molecule has 0 heterocycles. The van der Waals surface area contributed by atoms with Crippen molar-refractivity contribution in [2.45, 2.75) is 229 Å². The third-order valence-electron chi connectivity index (χ3n) is 11.1. The first-order chi connectivity index (χ1) is 29.8. The molecule has 0 bridgehead atoms. The number of unbranched alkanes of at least 4 members (excludes halogenated alkanes) is 19. The van der Waals surface area contributed by atoms with Crippen molar-refractivity contribution in [3.8, 4) is 0 Å². The van der Waals surface area contributed by atoms with E-state index in [4.69, 9.17) is 9.05 Å². The first-order valence-corrected chi connectivity index (χ1v) is 25.3. The summed E-state index contributed by atoms with van der Waals surface area (Å²) in [5, 5.41) is 74.2. The van der Waals surface area contributed by atoms with Crippen molar-refractivity contribution in [1.29, 1.82) is 0 Å². The average molecular weight is 900 g/mol. The van der Waals surface area contributed by atoms with E-state index in [0.717, 1.165) is 32.1 Å². The predicted octanol–water partition coefficient (Wildman–Crippen LogP) is 8.09. The number of rotatable bonds is 38. The molecule has 0 spiro atoms. The molecule has 1 rings (SSSR count). The zero-order valence-corrected chi connectivity index (χ0v) is 38.9. The molecule has 1 fully saturated rings. The van der Waals surface area contributed by atoms with E-state index in [9.17, 15) is 50.0 Å². The highest BCUT2D eigenvalue weighted by Gasteiger charge is 2.51. The van der Waals surface area contributed by atoms with E-state index in [-0.39, 0.29) is 6.42 Å². The van der Waals surface area contributed by atoms with Crippen molar-refractivity contribution in [2.75, 3.05) is 6.61 Å². The van der Waals surface area contributed by atoms with Crippen molar-refractivity contribution >= 4 is 13.7 Å². The normalized spacial score (nSPS) is 23.6. The van der Waals surface area contributed by atoms with Crippen LogP contribution in [0.5, 0.6) is 0 Å². The van der Waals surface area contributed by atoms with Crippen LogP contribution in [0.4, 0.5) is 0 Å². The van der Waals surface area contributed by atoms with Gasteiger partial charge < -0.3 is 46.0 Å². The number of aliphatic hydroxyl groups is 7. The Bertz CT molecular complexity index is 1290. The summed E-state index contributed by atoms with van der Waals surface area (Å²) in [7, 11) is -5.17. The van der Waals surface area contributed by atoms with Gasteiger partial charge in [0.15, 0.2) is 0 Å². The number of allylic oxidation sites excluding steroid dienone is 8. The van der Waals surface area contributed by atoms with Crippen LogP contribution >= 0.6 is 7.82 Å². The number of aliphatic hydroxyl groups excluding tert-OH is 7. The largest absolute Gasteiger partial charge is 0.472 e. The topological polar surface area (TPSA) is 226 Å². The molecule has 8 unspecified atom stereocenters. The molecule has 62 heavy (non-hydrogen) atoms. The van der Waals surface area contributed by atoms with Crippen molar-refractivity contribution in [3.63, 3.8) is 0 Å². The Morgan fingerprint density at radius 2 is 0.984 bits per heavy atom. The summed E-state index contributed by atoms with van der Waals surface area (Å²) < 4.78 is 22.8. The molecule has 0 radical (unpaired) electrons. The fourth-order valence-electron chi connectivity index (χ4n) is 7.15. The molecule has 8 atom stereocenters. The lowest BCUT2D eigenvalue weighted by Gasteiger charge is -2.41. The van der Waals surface area contributed by atoms with Crippen LogP contribution in [-0.2, 0) is 18.4 Å². The minimum atomic E-state index is -5.17. The number of nitrogens with one attached hydrogen (secondary N) is 1. The summed E-state index contributed by atoms with van der Waals surface area (Å²) in [6.45, 7) is 3.67. The van der Waals surface area contributed by atoms with E-state index in [1.54, 1.807) is 12.2 Å². The summed E-state index contributed by atoms with van der Waals surface area (Å²) >= 11 is 0. The minimum absolute atomic E-state index is 0.365. The lowest BCUT2D eigenvalue weighted by Crippen LogP contribution is -2.64. The number of phosphoric ester groups is 1. The van der Waals surface area contributed by atoms with Gasteiger partial charge in [0.05, 0.1) is 31.3 Å². The molecule has 0 aromatic heterocycles. The molecule has 9 N–H and O–H groups in total. The SMILES string of the molecule is CCCCCCCC/C=C\C/C=C\C(O)CC(=O)NC(COP(=O)(O)OC1C(O)C(O)C(O)C(O)C1O)C(O)/C=C/CC/C=C/CC/C=C/CCCCCCCCCCCCC. The maximum atomic E-state index is 12.9. The van der Waals surface area contributed by atoms with Gasteiger partial charge in [-0.25, -0.2) is 4.57 Å². The van der Waals surface area contributed by atoms with Crippen molar-refractivity contribution in [3.05, 3.63) is 60.8 Å². The van der Waals surface area contributed by atoms with Crippen LogP contribution in [0.15, 0.2) is 60.8 Å². The van der Waals surface area contributed by atoms with Gasteiger partial charge in [-0.1, -0.05) is 171 Å². The van der Waals surface area contributed by atoms with Crippen LogP contribution in [0, 0.1) is 0 Å². The van der Waals surface area contributed by atoms with Crippen LogP contribution in [0.2, 0.25) is 0 Å². The van der Waals surface area contributed by atoms with Crippen LogP contribution in [-0.4, -0.2) is 108 Å². The zero-order chi connectivity index (χ0) is 45.9. The molecular formula is C48H86NO12P. The number of hydrogen-bond acceptors (Lipinski definition) is 11. The van der Waals surface area contributed by atoms with E-state index < -0.39 is 75.2 Å². The molecule has 360 valence electrons.